The molecule has 4 heteroatoms. The number of hydrogen-bond donors (Lipinski definition) is 2. The first-order valence-electron chi connectivity index (χ1n) is 4.78. The number of pyridine rings is 1. The van der Waals surface area contributed by atoms with Gasteiger partial charge in [-0.15, -0.1) is 0 Å². The van der Waals surface area contributed by atoms with E-state index in [1.165, 1.54) is 0 Å². The molecule has 0 aromatic carbocycles. The quantitative estimate of drug-likeness (QED) is 0.710. The van der Waals surface area contributed by atoms with Crippen LogP contribution in [0.4, 0.5) is 5.82 Å². The molecule has 2 aromatic heterocycles. The summed E-state index contributed by atoms with van der Waals surface area (Å²) in [5.41, 5.74) is 6.39. The molecule has 0 unspecified atom stereocenters. The fourth-order valence-corrected chi connectivity index (χ4v) is 1.41. The second-order valence-electron chi connectivity index (χ2n) is 3.14. The predicted octanol–water partition coefficient (Wildman–Crippen LogP) is 1.09. The summed E-state index contributed by atoms with van der Waals surface area (Å²) < 4.78 is 2.02. The van der Waals surface area contributed by atoms with Gasteiger partial charge in [0.05, 0.1) is 0 Å². The first-order chi connectivity index (χ1) is 6.92. The standard InChI is InChI=1S/C10H14N4/c11-5-2-6-12-9-3-1-4-10-13-7-8-14(9)10/h1,3-4,7-8,12H,2,5-6,11H2. The van der Waals surface area contributed by atoms with Gasteiger partial charge in [-0.05, 0) is 25.1 Å². The van der Waals surface area contributed by atoms with Crippen LogP contribution in [0.25, 0.3) is 5.65 Å². The Labute approximate surface area is 82.8 Å². The highest BCUT2D eigenvalue weighted by Gasteiger charge is 1.97. The molecular weight excluding hydrogens is 176 g/mol. The summed E-state index contributed by atoms with van der Waals surface area (Å²) in [6, 6.07) is 6.01. The van der Waals surface area contributed by atoms with Crippen LogP contribution in [0, 0.1) is 0 Å². The highest BCUT2D eigenvalue weighted by Crippen LogP contribution is 2.10. The molecule has 0 aliphatic heterocycles. The lowest BCUT2D eigenvalue weighted by atomic mass is 10.4. The molecule has 4 nitrogen and oxygen atoms in total. The van der Waals surface area contributed by atoms with Crippen molar-refractivity contribution in [1.82, 2.24) is 9.38 Å². The predicted molar refractivity (Wildman–Crippen MR) is 57.4 cm³/mol. The van der Waals surface area contributed by atoms with E-state index in [9.17, 15) is 0 Å². The van der Waals surface area contributed by atoms with Crippen molar-refractivity contribution in [2.45, 2.75) is 6.42 Å². The van der Waals surface area contributed by atoms with Crippen LogP contribution in [-0.4, -0.2) is 22.5 Å². The fraction of sp³-hybridized carbons (Fsp3) is 0.300. The van der Waals surface area contributed by atoms with Crippen molar-refractivity contribution < 1.29 is 0 Å². The molecule has 14 heavy (non-hydrogen) atoms. The monoisotopic (exact) mass is 190 g/mol. The van der Waals surface area contributed by atoms with Gasteiger partial charge in [-0.3, -0.25) is 4.40 Å². The molecule has 0 bridgehead atoms. The minimum atomic E-state index is 0.715. The summed E-state index contributed by atoms with van der Waals surface area (Å²) in [5.74, 6) is 1.06. The number of imidazole rings is 1. The van der Waals surface area contributed by atoms with E-state index in [1.54, 1.807) is 6.20 Å². The molecule has 0 saturated heterocycles. The van der Waals surface area contributed by atoms with Crippen molar-refractivity contribution in [1.29, 1.82) is 0 Å². The number of anilines is 1. The maximum atomic E-state index is 5.43. The van der Waals surface area contributed by atoms with Crippen molar-refractivity contribution in [2.24, 2.45) is 5.73 Å². The Morgan fingerprint density at radius 3 is 3.21 bits per heavy atom. The molecule has 2 heterocycles. The average Bonchev–Trinajstić information content (AvgIpc) is 2.67. The zero-order chi connectivity index (χ0) is 9.80. The largest absolute Gasteiger partial charge is 0.371 e. The molecular formula is C10H14N4. The van der Waals surface area contributed by atoms with Crippen molar-refractivity contribution in [3.63, 3.8) is 0 Å². The SMILES string of the molecule is NCCCNc1cccc2nccn12. The molecule has 0 spiro atoms. The average molecular weight is 190 g/mol. The first kappa shape index (κ1) is 9.02. The number of nitrogens with two attached hydrogens (primary N) is 1. The van der Waals surface area contributed by atoms with E-state index in [2.05, 4.69) is 10.3 Å². The van der Waals surface area contributed by atoms with Gasteiger partial charge in [0.1, 0.15) is 11.5 Å². The number of rotatable bonds is 4. The molecule has 2 aromatic rings. The Kier molecular flexibility index (Phi) is 2.65. The fourth-order valence-electron chi connectivity index (χ4n) is 1.41. The van der Waals surface area contributed by atoms with E-state index >= 15 is 0 Å². The Bertz CT molecular complexity index is 407. The molecule has 2 rings (SSSR count). The van der Waals surface area contributed by atoms with Crippen molar-refractivity contribution in [2.75, 3.05) is 18.4 Å². The molecule has 0 aliphatic carbocycles. The third-order valence-corrected chi connectivity index (χ3v) is 2.12. The molecule has 3 N–H and O–H groups in total. The zero-order valence-electron chi connectivity index (χ0n) is 7.98. The minimum Gasteiger partial charge on any atom is -0.371 e. The molecule has 0 atom stereocenters. The third-order valence-electron chi connectivity index (χ3n) is 2.12. The van der Waals surface area contributed by atoms with Crippen LogP contribution in [0.3, 0.4) is 0 Å². The summed E-state index contributed by atoms with van der Waals surface area (Å²) in [7, 11) is 0. The lowest BCUT2D eigenvalue weighted by molar-refractivity contribution is 0.867. The lowest BCUT2D eigenvalue weighted by Crippen LogP contribution is -2.10. The normalized spacial score (nSPS) is 10.6. The molecule has 0 fully saturated rings. The molecule has 74 valence electrons. The van der Waals surface area contributed by atoms with Gasteiger partial charge in [0.15, 0.2) is 0 Å². The highest BCUT2D eigenvalue weighted by molar-refractivity contribution is 5.49. The smallest absolute Gasteiger partial charge is 0.138 e. The van der Waals surface area contributed by atoms with E-state index in [4.69, 9.17) is 5.73 Å². The van der Waals surface area contributed by atoms with E-state index in [1.807, 2.05) is 28.8 Å². The van der Waals surface area contributed by atoms with Gasteiger partial charge in [-0.25, -0.2) is 4.98 Å². The highest BCUT2D eigenvalue weighted by atomic mass is 15.1. The summed E-state index contributed by atoms with van der Waals surface area (Å²) in [4.78, 5) is 4.21. The third kappa shape index (κ3) is 1.70. The second-order valence-corrected chi connectivity index (χ2v) is 3.14. The molecule has 0 saturated carbocycles. The van der Waals surface area contributed by atoms with Gasteiger partial charge in [-0.2, -0.15) is 0 Å². The molecule has 0 radical (unpaired) electrons. The van der Waals surface area contributed by atoms with Crippen LogP contribution in [0.2, 0.25) is 0 Å². The Balaban J connectivity index is 2.19. The summed E-state index contributed by atoms with van der Waals surface area (Å²) in [6.45, 7) is 1.61. The summed E-state index contributed by atoms with van der Waals surface area (Å²) >= 11 is 0. The minimum absolute atomic E-state index is 0.715. The maximum Gasteiger partial charge on any atom is 0.138 e. The second kappa shape index (κ2) is 4.11. The van der Waals surface area contributed by atoms with Crippen molar-refractivity contribution >= 4 is 11.5 Å². The Morgan fingerprint density at radius 2 is 2.36 bits per heavy atom. The van der Waals surface area contributed by atoms with Gasteiger partial charge in [0.25, 0.3) is 0 Å². The number of hydrogen-bond acceptors (Lipinski definition) is 3. The topological polar surface area (TPSA) is 55.3 Å². The van der Waals surface area contributed by atoms with Crippen LogP contribution in [-0.2, 0) is 0 Å². The van der Waals surface area contributed by atoms with Gasteiger partial charge in [-0.1, -0.05) is 6.07 Å². The zero-order valence-corrected chi connectivity index (χ0v) is 7.98. The van der Waals surface area contributed by atoms with E-state index in [0.717, 1.165) is 24.4 Å². The Hall–Kier alpha value is -1.55. The van der Waals surface area contributed by atoms with Gasteiger partial charge in [0.2, 0.25) is 0 Å². The number of aromatic nitrogens is 2. The van der Waals surface area contributed by atoms with Crippen LogP contribution < -0.4 is 11.1 Å². The maximum absolute atomic E-state index is 5.43. The molecule has 0 amide bonds. The number of nitrogens with one attached hydrogen (secondary N) is 1. The van der Waals surface area contributed by atoms with Gasteiger partial charge >= 0.3 is 0 Å². The van der Waals surface area contributed by atoms with Crippen molar-refractivity contribution in [3.05, 3.63) is 30.6 Å². The molecule has 0 aliphatic rings. The van der Waals surface area contributed by atoms with E-state index in [0.29, 0.717) is 6.54 Å². The van der Waals surface area contributed by atoms with E-state index in [-0.39, 0.29) is 0 Å². The van der Waals surface area contributed by atoms with Crippen LogP contribution in [0.5, 0.6) is 0 Å². The number of nitrogens with zero attached hydrogens (tertiary/aromatic N) is 2. The van der Waals surface area contributed by atoms with Crippen LogP contribution >= 0.6 is 0 Å². The number of fused-ring (bicyclic) bond motifs is 1. The van der Waals surface area contributed by atoms with E-state index < -0.39 is 0 Å². The summed E-state index contributed by atoms with van der Waals surface area (Å²) in [6.07, 6.45) is 4.72. The first-order valence-corrected chi connectivity index (χ1v) is 4.78. The van der Waals surface area contributed by atoms with Gasteiger partial charge in [0, 0.05) is 18.9 Å². The Morgan fingerprint density at radius 1 is 1.43 bits per heavy atom. The van der Waals surface area contributed by atoms with Crippen LogP contribution in [0.15, 0.2) is 30.6 Å². The summed E-state index contributed by atoms with van der Waals surface area (Å²) in [5, 5.41) is 3.32. The van der Waals surface area contributed by atoms with Gasteiger partial charge < -0.3 is 11.1 Å². The van der Waals surface area contributed by atoms with Crippen molar-refractivity contribution in [3.8, 4) is 0 Å². The van der Waals surface area contributed by atoms with Crippen LogP contribution in [0.1, 0.15) is 6.42 Å². The lowest BCUT2D eigenvalue weighted by Gasteiger charge is -2.07.